The van der Waals surface area contributed by atoms with Gasteiger partial charge in [-0.15, -0.1) is 0 Å². The van der Waals surface area contributed by atoms with Gasteiger partial charge in [0, 0.05) is 36.6 Å². The molecule has 37 heavy (non-hydrogen) atoms. The summed E-state index contributed by atoms with van der Waals surface area (Å²) < 4.78 is 12.6. The Morgan fingerprint density at radius 3 is 2.76 bits per heavy atom. The monoisotopic (exact) mass is 520 g/mol. The average Bonchev–Trinajstić information content (AvgIpc) is 3.62. The number of nitrogens with zero attached hydrogens (tertiary/aromatic N) is 3. The molecule has 0 radical (unpaired) electrons. The number of rotatable bonds is 9. The number of nitro groups is 1. The zero-order valence-corrected chi connectivity index (χ0v) is 20.6. The standard InChI is InChI=1S/C26H24N4O6S/c31-24(27-14-20-3-1-11-35-20)18-7-10-22-23(13-18)28-26(29(25(22)32)15-21-4-2-12-36-21)37-16-17-5-8-19(9-6-17)30(33)34/h2,4-10,12-13,20H,1,3,11,14-16H2,(H,27,31)/t20-/m0/s1. The maximum atomic E-state index is 13.5. The summed E-state index contributed by atoms with van der Waals surface area (Å²) >= 11 is 1.33. The molecule has 1 aliphatic heterocycles. The molecule has 1 amide bonds. The number of hydrogen-bond donors (Lipinski definition) is 1. The summed E-state index contributed by atoms with van der Waals surface area (Å²) in [6.45, 7) is 1.34. The molecule has 0 saturated carbocycles. The highest BCUT2D eigenvalue weighted by Crippen LogP contribution is 2.25. The van der Waals surface area contributed by atoms with Crippen molar-refractivity contribution in [2.75, 3.05) is 13.2 Å². The van der Waals surface area contributed by atoms with Gasteiger partial charge in [0.1, 0.15) is 5.76 Å². The number of non-ortho nitro benzene ring substituents is 1. The normalized spacial score (nSPS) is 15.2. The minimum absolute atomic E-state index is 0.0117. The summed E-state index contributed by atoms with van der Waals surface area (Å²) in [5.41, 5.74) is 1.43. The van der Waals surface area contributed by atoms with Crippen molar-refractivity contribution in [2.24, 2.45) is 0 Å². The third-order valence-electron chi connectivity index (χ3n) is 6.11. The number of amides is 1. The van der Waals surface area contributed by atoms with Crippen LogP contribution in [0.1, 0.15) is 34.5 Å². The number of thioether (sulfide) groups is 1. The highest BCUT2D eigenvalue weighted by molar-refractivity contribution is 7.98. The smallest absolute Gasteiger partial charge is 0.269 e. The molecule has 0 unspecified atom stereocenters. The molecule has 2 aromatic heterocycles. The Kier molecular flexibility index (Phi) is 7.33. The fourth-order valence-electron chi connectivity index (χ4n) is 4.13. The molecule has 0 bridgehead atoms. The molecule has 0 aliphatic carbocycles. The predicted octanol–water partition coefficient (Wildman–Crippen LogP) is 4.15. The van der Waals surface area contributed by atoms with Crippen LogP contribution in [-0.4, -0.2) is 39.6 Å². The fourth-order valence-corrected chi connectivity index (χ4v) is 5.08. The molecule has 11 heteroatoms. The zero-order chi connectivity index (χ0) is 25.8. The van der Waals surface area contributed by atoms with Crippen LogP contribution in [0, 0.1) is 10.1 Å². The number of aromatic nitrogens is 2. The van der Waals surface area contributed by atoms with Crippen molar-refractivity contribution in [3.63, 3.8) is 0 Å². The Hall–Kier alpha value is -3.96. The van der Waals surface area contributed by atoms with E-state index in [-0.39, 0.29) is 29.8 Å². The quantitative estimate of drug-likeness (QED) is 0.151. The first-order valence-corrected chi connectivity index (χ1v) is 12.8. The Bertz CT molecular complexity index is 1480. The van der Waals surface area contributed by atoms with Gasteiger partial charge in [-0.1, -0.05) is 23.9 Å². The van der Waals surface area contributed by atoms with Crippen LogP contribution in [0.2, 0.25) is 0 Å². The molecule has 1 N–H and O–H groups in total. The van der Waals surface area contributed by atoms with Gasteiger partial charge in [-0.05, 0) is 48.7 Å². The largest absolute Gasteiger partial charge is 0.467 e. The van der Waals surface area contributed by atoms with Gasteiger partial charge in [0.25, 0.3) is 17.2 Å². The molecule has 2 aromatic carbocycles. The van der Waals surface area contributed by atoms with Crippen molar-refractivity contribution in [1.29, 1.82) is 0 Å². The molecule has 4 aromatic rings. The van der Waals surface area contributed by atoms with Crippen LogP contribution < -0.4 is 10.9 Å². The number of benzene rings is 2. The van der Waals surface area contributed by atoms with Gasteiger partial charge in [-0.3, -0.25) is 24.3 Å². The number of furan rings is 1. The van der Waals surface area contributed by atoms with Crippen LogP contribution in [0.15, 0.2) is 75.2 Å². The van der Waals surface area contributed by atoms with Gasteiger partial charge in [-0.25, -0.2) is 4.98 Å². The van der Waals surface area contributed by atoms with Crippen LogP contribution in [0.4, 0.5) is 5.69 Å². The van der Waals surface area contributed by atoms with E-state index in [1.165, 1.54) is 28.5 Å². The lowest BCUT2D eigenvalue weighted by Crippen LogP contribution is -2.31. The molecule has 5 rings (SSSR count). The van der Waals surface area contributed by atoms with Crippen molar-refractivity contribution in [2.45, 2.75) is 36.4 Å². The van der Waals surface area contributed by atoms with Gasteiger partial charge in [0.15, 0.2) is 5.16 Å². The summed E-state index contributed by atoms with van der Waals surface area (Å²) in [6, 6.07) is 14.6. The summed E-state index contributed by atoms with van der Waals surface area (Å²) in [7, 11) is 0. The van der Waals surface area contributed by atoms with Gasteiger partial charge in [0.2, 0.25) is 0 Å². The maximum absolute atomic E-state index is 13.5. The minimum atomic E-state index is -0.447. The molecule has 1 atom stereocenters. The van der Waals surface area contributed by atoms with Gasteiger partial charge in [0.05, 0.1) is 34.7 Å². The Balaban J connectivity index is 1.43. The van der Waals surface area contributed by atoms with E-state index in [9.17, 15) is 19.7 Å². The predicted molar refractivity (Wildman–Crippen MR) is 138 cm³/mol. The second-order valence-corrected chi connectivity index (χ2v) is 9.60. The SMILES string of the molecule is O=C(NC[C@@H]1CCCO1)c1ccc2c(=O)n(Cc3ccco3)c(SCc3ccc([N+](=O)[O-])cc3)nc2c1. The lowest BCUT2D eigenvalue weighted by molar-refractivity contribution is -0.384. The van der Waals surface area contributed by atoms with Crippen molar-refractivity contribution >= 4 is 34.3 Å². The van der Waals surface area contributed by atoms with E-state index in [0.29, 0.717) is 46.3 Å². The third-order valence-corrected chi connectivity index (χ3v) is 7.15. The number of nitrogens with one attached hydrogen (secondary N) is 1. The summed E-state index contributed by atoms with van der Waals surface area (Å²) in [5, 5.41) is 14.7. The first kappa shape index (κ1) is 24.7. The number of carbonyl (C=O) groups excluding carboxylic acids is 1. The van der Waals surface area contributed by atoms with Crippen molar-refractivity contribution in [3.8, 4) is 0 Å². The summed E-state index contributed by atoms with van der Waals surface area (Å²) in [5.74, 6) is 0.792. The molecular formula is C26H24N4O6S. The molecule has 1 fully saturated rings. The third kappa shape index (κ3) is 5.73. The van der Waals surface area contributed by atoms with Crippen molar-refractivity contribution in [1.82, 2.24) is 14.9 Å². The molecule has 0 spiro atoms. The molecule has 190 valence electrons. The molecule has 3 heterocycles. The number of fused-ring (bicyclic) bond motifs is 1. The number of hydrogen-bond acceptors (Lipinski definition) is 8. The number of nitro benzene ring substituents is 1. The van der Waals surface area contributed by atoms with Crippen molar-refractivity contribution in [3.05, 3.63) is 98.2 Å². The maximum Gasteiger partial charge on any atom is 0.269 e. The summed E-state index contributed by atoms with van der Waals surface area (Å²) in [6.07, 6.45) is 3.48. The zero-order valence-electron chi connectivity index (χ0n) is 19.8. The highest BCUT2D eigenvalue weighted by atomic mass is 32.2. The lowest BCUT2D eigenvalue weighted by atomic mass is 10.1. The van der Waals surface area contributed by atoms with Gasteiger partial charge < -0.3 is 14.5 Å². The van der Waals surface area contributed by atoms with E-state index in [0.717, 1.165) is 18.4 Å². The number of ether oxygens (including phenoxy) is 1. The van der Waals surface area contributed by atoms with E-state index in [1.807, 2.05) is 0 Å². The molecular weight excluding hydrogens is 496 g/mol. The van der Waals surface area contributed by atoms with Crippen LogP contribution in [-0.2, 0) is 17.0 Å². The topological polar surface area (TPSA) is 130 Å². The molecule has 1 saturated heterocycles. The molecule has 1 aliphatic rings. The lowest BCUT2D eigenvalue weighted by Gasteiger charge is -2.13. The second-order valence-electron chi connectivity index (χ2n) is 8.65. The van der Waals surface area contributed by atoms with Crippen molar-refractivity contribution < 1.29 is 18.9 Å². The molecule has 10 nitrogen and oxygen atoms in total. The van der Waals surface area contributed by atoms with E-state index < -0.39 is 4.92 Å². The first-order valence-electron chi connectivity index (χ1n) is 11.8. The van der Waals surface area contributed by atoms with E-state index in [1.54, 1.807) is 48.7 Å². The Morgan fingerprint density at radius 1 is 1.22 bits per heavy atom. The van der Waals surface area contributed by atoms with Crippen LogP contribution in [0.25, 0.3) is 10.9 Å². The average molecular weight is 521 g/mol. The van der Waals surface area contributed by atoms with Crippen LogP contribution in [0.3, 0.4) is 0 Å². The Labute approximate surface area is 215 Å². The highest BCUT2D eigenvalue weighted by Gasteiger charge is 2.18. The Morgan fingerprint density at radius 2 is 2.05 bits per heavy atom. The first-order chi connectivity index (χ1) is 18.0. The van der Waals surface area contributed by atoms with Crippen LogP contribution in [0.5, 0.6) is 0 Å². The van der Waals surface area contributed by atoms with Gasteiger partial charge in [-0.2, -0.15) is 0 Å². The van der Waals surface area contributed by atoms with Crippen LogP contribution >= 0.6 is 11.8 Å². The minimum Gasteiger partial charge on any atom is -0.467 e. The van der Waals surface area contributed by atoms with E-state index in [4.69, 9.17) is 14.1 Å². The van der Waals surface area contributed by atoms with Gasteiger partial charge >= 0.3 is 0 Å². The van der Waals surface area contributed by atoms with E-state index >= 15 is 0 Å². The number of carbonyl (C=O) groups is 1. The van der Waals surface area contributed by atoms with E-state index in [2.05, 4.69) is 5.32 Å². The fraction of sp³-hybridized carbons (Fsp3) is 0.269. The second kappa shape index (κ2) is 11.0. The summed E-state index contributed by atoms with van der Waals surface area (Å²) in [4.78, 5) is 41.4.